The Balaban J connectivity index is 1.56. The van der Waals surface area contributed by atoms with E-state index in [4.69, 9.17) is 4.74 Å². The molecule has 0 radical (unpaired) electrons. The highest BCUT2D eigenvalue weighted by molar-refractivity contribution is 6.04. The number of fused-ring (bicyclic) bond motifs is 1. The van der Waals surface area contributed by atoms with Gasteiger partial charge in [-0.3, -0.25) is 14.5 Å². The fourth-order valence-corrected chi connectivity index (χ4v) is 3.73. The Morgan fingerprint density at radius 3 is 2.84 bits per heavy atom. The molecule has 2 aliphatic heterocycles. The standard InChI is InChI=1S/C19H27N3O3/c1-2-25-17-9-4-3-8-16(17)20-18(23)13-19(24)22-12-6-11-21-10-5-7-15(21)14-22/h3-4,8-9,15H,2,5-7,10-14H2,1H3,(H,20,23)/t15-/m0/s1. The van der Waals surface area contributed by atoms with Crippen molar-refractivity contribution in [2.45, 2.75) is 38.6 Å². The minimum Gasteiger partial charge on any atom is -0.492 e. The molecule has 2 fully saturated rings. The average molecular weight is 345 g/mol. The third kappa shape index (κ3) is 4.51. The first kappa shape index (κ1) is 17.7. The van der Waals surface area contributed by atoms with Gasteiger partial charge < -0.3 is 15.0 Å². The van der Waals surface area contributed by atoms with Crippen molar-refractivity contribution >= 4 is 17.5 Å². The lowest BCUT2D eigenvalue weighted by molar-refractivity contribution is -0.134. The number of hydrogen-bond acceptors (Lipinski definition) is 4. The van der Waals surface area contributed by atoms with E-state index in [0.717, 1.165) is 39.0 Å². The van der Waals surface area contributed by atoms with E-state index in [0.29, 0.717) is 24.1 Å². The van der Waals surface area contributed by atoms with Crippen molar-refractivity contribution in [2.75, 3.05) is 38.1 Å². The number of rotatable bonds is 5. The topological polar surface area (TPSA) is 61.9 Å². The molecule has 2 saturated heterocycles. The number of amides is 2. The quantitative estimate of drug-likeness (QED) is 0.831. The van der Waals surface area contributed by atoms with Gasteiger partial charge in [0.1, 0.15) is 12.2 Å². The Kier molecular flexibility index (Phi) is 5.91. The first-order chi connectivity index (χ1) is 12.2. The maximum atomic E-state index is 12.6. The van der Waals surface area contributed by atoms with Crippen molar-refractivity contribution in [3.8, 4) is 5.75 Å². The summed E-state index contributed by atoms with van der Waals surface area (Å²) in [6.07, 6.45) is 3.23. The van der Waals surface area contributed by atoms with Crippen LogP contribution in [-0.4, -0.2) is 60.4 Å². The smallest absolute Gasteiger partial charge is 0.233 e. The molecule has 0 unspecified atom stereocenters. The van der Waals surface area contributed by atoms with Gasteiger partial charge in [-0.05, 0) is 44.9 Å². The normalized spacial score (nSPS) is 20.7. The molecular weight excluding hydrogens is 318 g/mol. The van der Waals surface area contributed by atoms with Crippen LogP contribution >= 0.6 is 0 Å². The summed E-state index contributed by atoms with van der Waals surface area (Å²) >= 11 is 0. The number of ether oxygens (including phenoxy) is 1. The van der Waals surface area contributed by atoms with Gasteiger partial charge in [0.05, 0.1) is 12.3 Å². The highest BCUT2D eigenvalue weighted by atomic mass is 16.5. The molecule has 1 N–H and O–H groups in total. The molecule has 136 valence electrons. The summed E-state index contributed by atoms with van der Waals surface area (Å²) in [7, 11) is 0. The molecule has 2 heterocycles. The zero-order valence-electron chi connectivity index (χ0n) is 14.9. The lowest BCUT2D eigenvalue weighted by Crippen LogP contribution is -2.40. The zero-order valence-corrected chi connectivity index (χ0v) is 14.9. The van der Waals surface area contributed by atoms with Crippen molar-refractivity contribution in [2.24, 2.45) is 0 Å². The number of para-hydroxylation sites is 2. The van der Waals surface area contributed by atoms with Crippen LogP contribution in [0.4, 0.5) is 5.69 Å². The average Bonchev–Trinajstić information content (AvgIpc) is 2.93. The van der Waals surface area contributed by atoms with E-state index >= 15 is 0 Å². The van der Waals surface area contributed by atoms with E-state index in [1.54, 1.807) is 6.07 Å². The van der Waals surface area contributed by atoms with E-state index in [-0.39, 0.29) is 18.2 Å². The van der Waals surface area contributed by atoms with Crippen molar-refractivity contribution < 1.29 is 14.3 Å². The van der Waals surface area contributed by atoms with Gasteiger partial charge in [0, 0.05) is 25.7 Å². The first-order valence-corrected chi connectivity index (χ1v) is 9.21. The molecule has 0 aliphatic carbocycles. The lowest BCUT2D eigenvalue weighted by Gasteiger charge is -2.25. The zero-order chi connectivity index (χ0) is 17.6. The summed E-state index contributed by atoms with van der Waals surface area (Å²) in [6, 6.07) is 7.76. The Hall–Kier alpha value is -2.08. The van der Waals surface area contributed by atoms with E-state index in [1.807, 2.05) is 30.0 Å². The Bertz CT molecular complexity index is 620. The first-order valence-electron chi connectivity index (χ1n) is 9.21. The molecule has 6 nitrogen and oxygen atoms in total. The number of carbonyl (C=O) groups is 2. The van der Waals surface area contributed by atoms with Crippen molar-refractivity contribution in [3.63, 3.8) is 0 Å². The molecule has 2 amide bonds. The molecule has 6 heteroatoms. The molecule has 3 rings (SSSR count). The lowest BCUT2D eigenvalue weighted by atomic mass is 10.2. The predicted octanol–water partition coefficient (Wildman–Crippen LogP) is 2.11. The van der Waals surface area contributed by atoms with Crippen LogP contribution in [0.5, 0.6) is 5.75 Å². The molecular formula is C19H27N3O3. The second-order valence-electron chi connectivity index (χ2n) is 6.68. The van der Waals surface area contributed by atoms with E-state index in [1.165, 1.54) is 6.42 Å². The van der Waals surface area contributed by atoms with Crippen molar-refractivity contribution in [1.29, 1.82) is 0 Å². The van der Waals surface area contributed by atoms with Crippen LogP contribution in [0.3, 0.4) is 0 Å². The Morgan fingerprint density at radius 2 is 2.00 bits per heavy atom. The van der Waals surface area contributed by atoms with Crippen LogP contribution in [-0.2, 0) is 9.59 Å². The predicted molar refractivity (Wildman–Crippen MR) is 96.6 cm³/mol. The van der Waals surface area contributed by atoms with Gasteiger partial charge in [-0.1, -0.05) is 12.1 Å². The number of nitrogens with zero attached hydrogens (tertiary/aromatic N) is 2. The van der Waals surface area contributed by atoms with Gasteiger partial charge in [-0.15, -0.1) is 0 Å². The van der Waals surface area contributed by atoms with Crippen LogP contribution in [0.25, 0.3) is 0 Å². The van der Waals surface area contributed by atoms with Gasteiger partial charge in [0.25, 0.3) is 0 Å². The van der Waals surface area contributed by atoms with Crippen LogP contribution in [0.2, 0.25) is 0 Å². The Labute approximate surface area is 149 Å². The summed E-state index contributed by atoms with van der Waals surface area (Å²) in [5, 5.41) is 2.81. The summed E-state index contributed by atoms with van der Waals surface area (Å²) < 4.78 is 5.51. The van der Waals surface area contributed by atoms with Crippen LogP contribution in [0.15, 0.2) is 24.3 Å². The number of carbonyl (C=O) groups excluding carboxylic acids is 2. The van der Waals surface area contributed by atoms with Gasteiger partial charge in [-0.2, -0.15) is 0 Å². The fraction of sp³-hybridized carbons (Fsp3) is 0.579. The second kappa shape index (κ2) is 8.34. The number of hydrogen-bond donors (Lipinski definition) is 1. The van der Waals surface area contributed by atoms with Crippen LogP contribution in [0, 0.1) is 0 Å². The highest BCUT2D eigenvalue weighted by Gasteiger charge is 2.31. The van der Waals surface area contributed by atoms with E-state index in [9.17, 15) is 9.59 Å². The van der Waals surface area contributed by atoms with Crippen molar-refractivity contribution in [1.82, 2.24) is 9.80 Å². The molecule has 0 aromatic heterocycles. The maximum Gasteiger partial charge on any atom is 0.233 e. The maximum absolute atomic E-state index is 12.6. The monoisotopic (exact) mass is 345 g/mol. The van der Waals surface area contributed by atoms with Crippen LogP contribution < -0.4 is 10.1 Å². The largest absolute Gasteiger partial charge is 0.492 e. The molecule has 0 spiro atoms. The van der Waals surface area contributed by atoms with Gasteiger partial charge >= 0.3 is 0 Å². The molecule has 0 bridgehead atoms. The minimum atomic E-state index is -0.287. The SMILES string of the molecule is CCOc1ccccc1NC(=O)CC(=O)N1CCCN2CCC[C@H]2C1. The van der Waals surface area contributed by atoms with Gasteiger partial charge in [0.15, 0.2) is 0 Å². The summed E-state index contributed by atoms with van der Waals surface area (Å²) in [6.45, 7) is 6.12. The van der Waals surface area contributed by atoms with E-state index in [2.05, 4.69) is 10.2 Å². The fourth-order valence-electron chi connectivity index (χ4n) is 3.73. The van der Waals surface area contributed by atoms with Crippen molar-refractivity contribution in [3.05, 3.63) is 24.3 Å². The molecule has 2 aliphatic rings. The summed E-state index contributed by atoms with van der Waals surface area (Å²) in [5.41, 5.74) is 0.611. The Morgan fingerprint density at radius 1 is 1.20 bits per heavy atom. The third-order valence-electron chi connectivity index (χ3n) is 4.93. The summed E-state index contributed by atoms with van der Waals surface area (Å²) in [5.74, 6) is 0.256. The van der Waals surface area contributed by atoms with Crippen LogP contribution in [0.1, 0.15) is 32.6 Å². The third-order valence-corrected chi connectivity index (χ3v) is 4.93. The van der Waals surface area contributed by atoms with E-state index < -0.39 is 0 Å². The number of anilines is 1. The molecule has 0 saturated carbocycles. The molecule has 1 atom stereocenters. The number of nitrogens with one attached hydrogen (secondary N) is 1. The number of benzene rings is 1. The highest BCUT2D eigenvalue weighted by Crippen LogP contribution is 2.24. The second-order valence-corrected chi connectivity index (χ2v) is 6.68. The molecule has 1 aromatic carbocycles. The minimum absolute atomic E-state index is 0.0832. The van der Waals surface area contributed by atoms with Gasteiger partial charge in [0.2, 0.25) is 11.8 Å². The molecule has 1 aromatic rings. The molecule has 25 heavy (non-hydrogen) atoms. The summed E-state index contributed by atoms with van der Waals surface area (Å²) in [4.78, 5) is 29.2. The van der Waals surface area contributed by atoms with Gasteiger partial charge in [-0.25, -0.2) is 0 Å².